The minimum Gasteiger partial charge on any atom is -0.345 e. The van der Waals surface area contributed by atoms with Gasteiger partial charge in [-0.05, 0) is 85.4 Å². The van der Waals surface area contributed by atoms with Gasteiger partial charge in [0.15, 0.2) is 0 Å². The van der Waals surface area contributed by atoms with Crippen molar-refractivity contribution in [1.29, 1.82) is 0 Å². The Labute approximate surface area is 201 Å². The summed E-state index contributed by atoms with van der Waals surface area (Å²) < 4.78 is 27.9. The van der Waals surface area contributed by atoms with Crippen molar-refractivity contribution in [3.05, 3.63) is 99.1 Å². The maximum atomic E-state index is 14.8. The monoisotopic (exact) mass is 486 g/mol. The van der Waals surface area contributed by atoms with Crippen LogP contribution >= 0.6 is 23.4 Å². The molecule has 3 nitrogen and oxygen atoms in total. The summed E-state index contributed by atoms with van der Waals surface area (Å²) in [6, 6.07) is 14.2. The molecule has 33 heavy (non-hydrogen) atoms. The van der Waals surface area contributed by atoms with Crippen molar-refractivity contribution < 1.29 is 13.6 Å². The Balaban J connectivity index is 1.44. The molecule has 0 fully saturated rings. The Bertz CT molecular complexity index is 1150. The fraction of sp³-hybridized carbons (Fsp3) is 0.269. The van der Waals surface area contributed by atoms with Crippen molar-refractivity contribution in [3.63, 3.8) is 0 Å². The number of carbonyl (C=O) groups excluding carboxylic acids is 1. The van der Waals surface area contributed by atoms with Crippen LogP contribution in [-0.4, -0.2) is 19.0 Å². The van der Waals surface area contributed by atoms with Gasteiger partial charge in [-0.15, -0.1) is 11.8 Å². The Kier molecular flexibility index (Phi) is 7.68. The van der Waals surface area contributed by atoms with Crippen molar-refractivity contribution in [2.45, 2.75) is 36.5 Å². The first-order valence-corrected chi connectivity index (χ1v) is 12.3. The molecule has 1 atom stereocenters. The smallest absolute Gasteiger partial charge is 0.254 e. The predicted molar refractivity (Wildman–Crippen MR) is 130 cm³/mol. The average molecular weight is 487 g/mol. The van der Waals surface area contributed by atoms with E-state index in [4.69, 9.17) is 11.6 Å². The van der Waals surface area contributed by atoms with E-state index in [-0.39, 0.29) is 17.4 Å². The molecule has 4 rings (SSSR count). The lowest BCUT2D eigenvalue weighted by molar-refractivity contribution is 0.0936. The molecule has 0 bridgehead atoms. The molecule has 0 spiro atoms. The van der Waals surface area contributed by atoms with Gasteiger partial charge in [0.25, 0.3) is 5.91 Å². The number of carbonyl (C=O) groups is 1. The Morgan fingerprint density at radius 1 is 1.09 bits per heavy atom. The summed E-state index contributed by atoms with van der Waals surface area (Å²) in [4.78, 5) is 13.6. The average Bonchev–Trinajstić information content (AvgIpc) is 3.04. The number of hydrogen-bond acceptors (Lipinski definition) is 3. The normalized spacial score (nSPS) is 14.3. The minimum absolute atomic E-state index is 0.0182. The largest absolute Gasteiger partial charge is 0.345 e. The molecule has 1 heterocycles. The first kappa shape index (κ1) is 23.7. The summed E-state index contributed by atoms with van der Waals surface area (Å²) in [5.41, 5.74) is 4.08. The van der Waals surface area contributed by atoms with Gasteiger partial charge in [-0.1, -0.05) is 35.9 Å². The van der Waals surface area contributed by atoms with E-state index < -0.39 is 11.7 Å². The first-order valence-electron chi connectivity index (χ1n) is 10.9. The van der Waals surface area contributed by atoms with Gasteiger partial charge in [0.2, 0.25) is 0 Å². The summed E-state index contributed by atoms with van der Waals surface area (Å²) >= 11 is 8.10. The third-order valence-corrected chi connectivity index (χ3v) is 7.47. The van der Waals surface area contributed by atoms with E-state index in [1.54, 1.807) is 36.9 Å². The van der Waals surface area contributed by atoms with Gasteiger partial charge in [-0.2, -0.15) is 0 Å². The molecule has 7 heteroatoms. The van der Waals surface area contributed by atoms with E-state index >= 15 is 0 Å². The second-order valence-corrected chi connectivity index (χ2v) is 9.51. The number of hydrogen-bond donors (Lipinski definition) is 2. The quantitative estimate of drug-likeness (QED) is 0.414. The number of rotatable bonds is 6. The lowest BCUT2D eigenvalue weighted by atomic mass is 10.0. The molecular weight excluding hydrogens is 462 g/mol. The van der Waals surface area contributed by atoms with Crippen LogP contribution in [0.25, 0.3) is 0 Å². The Hall–Kier alpha value is -2.41. The van der Waals surface area contributed by atoms with Gasteiger partial charge in [0.1, 0.15) is 11.6 Å². The highest BCUT2D eigenvalue weighted by Crippen LogP contribution is 2.36. The highest BCUT2D eigenvalue weighted by Gasteiger charge is 2.18. The van der Waals surface area contributed by atoms with Crippen LogP contribution in [0.5, 0.6) is 0 Å². The highest BCUT2D eigenvalue weighted by molar-refractivity contribution is 7.98. The molecule has 3 aromatic rings. The zero-order chi connectivity index (χ0) is 23.4. The second-order valence-electron chi connectivity index (χ2n) is 8.11. The summed E-state index contributed by atoms with van der Waals surface area (Å²) in [6.45, 7) is 3.64. The maximum absolute atomic E-state index is 14.8. The SMILES string of the molecule is CC(NC(=O)c1ccc(CSc2c(Cl)ccc3c2CCNCC3)cc1F)c1ccc(F)cc1. The number of nitrogens with one attached hydrogen (secondary N) is 2. The molecule has 0 aliphatic carbocycles. The summed E-state index contributed by atoms with van der Waals surface area (Å²) in [5, 5.41) is 6.89. The van der Waals surface area contributed by atoms with Gasteiger partial charge < -0.3 is 10.6 Å². The number of benzene rings is 3. The predicted octanol–water partition coefficient (Wildman–Crippen LogP) is 6.09. The molecule has 3 aromatic carbocycles. The van der Waals surface area contributed by atoms with E-state index in [0.717, 1.165) is 42.0 Å². The first-order chi connectivity index (χ1) is 15.9. The van der Waals surface area contributed by atoms with E-state index in [1.165, 1.54) is 35.4 Å². The number of fused-ring (bicyclic) bond motifs is 1. The third-order valence-electron chi connectivity index (χ3n) is 5.81. The molecule has 1 unspecified atom stereocenters. The van der Waals surface area contributed by atoms with Crippen LogP contribution in [0.2, 0.25) is 5.02 Å². The molecular formula is C26H25ClF2N2OS. The van der Waals surface area contributed by atoms with Crippen LogP contribution in [0.1, 0.15) is 45.6 Å². The number of amides is 1. The van der Waals surface area contributed by atoms with Crippen LogP contribution in [0.15, 0.2) is 59.5 Å². The zero-order valence-corrected chi connectivity index (χ0v) is 19.8. The Morgan fingerprint density at radius 3 is 2.61 bits per heavy atom. The van der Waals surface area contributed by atoms with Gasteiger partial charge in [-0.25, -0.2) is 8.78 Å². The molecule has 2 N–H and O–H groups in total. The number of thioether (sulfide) groups is 1. The number of halogens is 3. The van der Waals surface area contributed by atoms with E-state index in [9.17, 15) is 13.6 Å². The fourth-order valence-electron chi connectivity index (χ4n) is 3.96. The molecule has 0 saturated carbocycles. The highest BCUT2D eigenvalue weighted by atomic mass is 35.5. The summed E-state index contributed by atoms with van der Waals surface area (Å²) in [5.74, 6) is -0.873. The lowest BCUT2D eigenvalue weighted by Gasteiger charge is -2.16. The molecule has 0 saturated heterocycles. The Morgan fingerprint density at radius 2 is 1.85 bits per heavy atom. The minimum atomic E-state index is -0.570. The summed E-state index contributed by atoms with van der Waals surface area (Å²) in [6.07, 6.45) is 1.88. The second kappa shape index (κ2) is 10.7. The van der Waals surface area contributed by atoms with Gasteiger partial charge in [-0.3, -0.25) is 4.79 Å². The molecule has 1 aliphatic heterocycles. The molecule has 0 radical (unpaired) electrons. The van der Waals surface area contributed by atoms with Crippen molar-refractivity contribution >= 4 is 29.3 Å². The maximum Gasteiger partial charge on any atom is 0.254 e. The van der Waals surface area contributed by atoms with Crippen LogP contribution in [0.3, 0.4) is 0 Å². The van der Waals surface area contributed by atoms with Gasteiger partial charge in [0, 0.05) is 10.6 Å². The topological polar surface area (TPSA) is 41.1 Å². The van der Waals surface area contributed by atoms with Crippen LogP contribution in [0, 0.1) is 11.6 Å². The van der Waals surface area contributed by atoms with Gasteiger partial charge >= 0.3 is 0 Å². The van der Waals surface area contributed by atoms with Crippen LogP contribution in [-0.2, 0) is 18.6 Å². The van der Waals surface area contributed by atoms with E-state index in [2.05, 4.69) is 16.7 Å². The van der Waals surface area contributed by atoms with Crippen LogP contribution in [0.4, 0.5) is 8.78 Å². The van der Waals surface area contributed by atoms with E-state index in [1.807, 2.05) is 6.07 Å². The van der Waals surface area contributed by atoms with Crippen molar-refractivity contribution in [3.8, 4) is 0 Å². The standard InChI is InChI=1S/C26H25ClF2N2OS/c1-16(18-3-6-20(28)7-4-18)31-26(32)22-8-2-17(14-24(22)29)15-33-25-21-11-13-30-12-10-19(21)5-9-23(25)27/h2-9,14,16,30H,10-13,15H2,1H3,(H,31,32). The molecule has 0 aromatic heterocycles. The van der Waals surface area contributed by atoms with E-state index in [0.29, 0.717) is 10.8 Å². The lowest BCUT2D eigenvalue weighted by Crippen LogP contribution is -2.27. The van der Waals surface area contributed by atoms with Crippen molar-refractivity contribution in [2.24, 2.45) is 0 Å². The van der Waals surface area contributed by atoms with Crippen LogP contribution < -0.4 is 10.6 Å². The fourth-order valence-corrected chi connectivity index (χ4v) is 5.41. The van der Waals surface area contributed by atoms with Crippen molar-refractivity contribution in [1.82, 2.24) is 10.6 Å². The molecule has 1 aliphatic rings. The summed E-state index contributed by atoms with van der Waals surface area (Å²) in [7, 11) is 0. The van der Waals surface area contributed by atoms with Gasteiger partial charge in [0.05, 0.1) is 16.6 Å². The molecule has 1 amide bonds. The zero-order valence-electron chi connectivity index (χ0n) is 18.3. The van der Waals surface area contributed by atoms with Crippen molar-refractivity contribution in [2.75, 3.05) is 13.1 Å². The molecule has 172 valence electrons. The third kappa shape index (κ3) is 5.75.